The molecule has 0 fully saturated rings. The molecule has 1 aromatic carbocycles. The Morgan fingerprint density at radius 3 is 2.60 bits per heavy atom. The van der Waals surface area contributed by atoms with Gasteiger partial charge in [0.15, 0.2) is 0 Å². The van der Waals surface area contributed by atoms with Crippen LogP contribution in [0, 0.1) is 0 Å². The molecule has 0 saturated heterocycles. The smallest absolute Gasteiger partial charge is 0.121 e. The highest BCUT2D eigenvalue weighted by Crippen LogP contribution is 2.21. The summed E-state index contributed by atoms with van der Waals surface area (Å²) in [7, 11) is 0. The number of halogens is 1. The van der Waals surface area contributed by atoms with Gasteiger partial charge >= 0.3 is 0 Å². The van der Waals surface area contributed by atoms with Gasteiger partial charge in [0.1, 0.15) is 5.82 Å². The lowest BCUT2D eigenvalue weighted by Gasteiger charge is -1.99. The van der Waals surface area contributed by atoms with E-state index in [1.807, 2.05) is 6.20 Å². The molecule has 0 unspecified atom stereocenters. The first-order chi connectivity index (χ1) is 7.33. The second-order valence-corrected chi connectivity index (χ2v) is 4.25. The van der Waals surface area contributed by atoms with Crippen molar-refractivity contribution in [2.24, 2.45) is 0 Å². The van der Waals surface area contributed by atoms with Gasteiger partial charge in [-0.05, 0) is 24.0 Å². The van der Waals surface area contributed by atoms with Gasteiger partial charge in [-0.25, -0.2) is 4.98 Å². The molecule has 1 heterocycles. The first-order valence-corrected chi connectivity index (χ1v) is 6.33. The van der Waals surface area contributed by atoms with E-state index in [4.69, 9.17) is 11.6 Å². The largest absolute Gasteiger partial charge is 0.341 e. The Morgan fingerprint density at radius 1 is 1.33 bits per heavy atom. The van der Waals surface area contributed by atoms with Crippen LogP contribution >= 0.6 is 23.4 Å². The molecule has 0 spiro atoms. The summed E-state index contributed by atoms with van der Waals surface area (Å²) in [5, 5.41) is 0. The first kappa shape index (κ1) is 10.6. The van der Waals surface area contributed by atoms with Crippen molar-refractivity contribution in [3.8, 4) is 11.3 Å². The third-order valence-electron chi connectivity index (χ3n) is 2.16. The average Bonchev–Trinajstić information content (AvgIpc) is 2.78. The second kappa shape index (κ2) is 4.73. The number of H-pyrrole nitrogens is 1. The van der Waals surface area contributed by atoms with Gasteiger partial charge in [-0.2, -0.15) is 0 Å². The van der Waals surface area contributed by atoms with Crippen molar-refractivity contribution < 1.29 is 0 Å². The number of nitrogens with zero attached hydrogens (tertiary/aromatic N) is 1. The molecule has 2 rings (SSSR count). The first-order valence-electron chi connectivity index (χ1n) is 4.58. The Labute approximate surface area is 98.1 Å². The molecule has 0 amide bonds. The van der Waals surface area contributed by atoms with Crippen LogP contribution in [0.5, 0.6) is 0 Å². The van der Waals surface area contributed by atoms with Crippen molar-refractivity contribution in [2.75, 3.05) is 6.26 Å². The van der Waals surface area contributed by atoms with Crippen molar-refractivity contribution in [3.05, 3.63) is 36.3 Å². The number of aromatic nitrogens is 2. The predicted molar refractivity (Wildman–Crippen MR) is 65.4 cm³/mol. The molecule has 78 valence electrons. The van der Waals surface area contributed by atoms with E-state index in [0.29, 0.717) is 5.88 Å². The summed E-state index contributed by atoms with van der Waals surface area (Å²) in [4.78, 5) is 8.59. The Morgan fingerprint density at radius 2 is 2.07 bits per heavy atom. The Bertz CT molecular complexity index is 436. The van der Waals surface area contributed by atoms with Crippen molar-refractivity contribution in [1.29, 1.82) is 0 Å². The zero-order chi connectivity index (χ0) is 10.7. The highest BCUT2D eigenvalue weighted by Gasteiger charge is 2.01. The fourth-order valence-electron chi connectivity index (χ4n) is 1.35. The standard InChI is InChI=1S/C11H11ClN2S/c1-15-9-4-2-8(3-5-9)10-7-13-11(6-12)14-10/h2-5,7H,6H2,1H3,(H,13,14). The molecule has 0 aliphatic rings. The number of hydrogen-bond acceptors (Lipinski definition) is 2. The van der Waals surface area contributed by atoms with E-state index in [1.165, 1.54) is 4.90 Å². The number of rotatable bonds is 3. The van der Waals surface area contributed by atoms with E-state index >= 15 is 0 Å². The molecule has 0 bridgehead atoms. The summed E-state index contributed by atoms with van der Waals surface area (Å²) >= 11 is 7.41. The molecule has 0 aliphatic carbocycles. The normalized spacial score (nSPS) is 10.5. The average molecular weight is 239 g/mol. The number of imidazole rings is 1. The van der Waals surface area contributed by atoms with Crippen molar-refractivity contribution in [2.45, 2.75) is 10.8 Å². The lowest BCUT2D eigenvalue weighted by molar-refractivity contribution is 1.12. The number of hydrogen-bond donors (Lipinski definition) is 1. The maximum absolute atomic E-state index is 5.68. The number of aromatic amines is 1. The highest BCUT2D eigenvalue weighted by molar-refractivity contribution is 7.98. The van der Waals surface area contributed by atoms with Crippen molar-refractivity contribution in [3.63, 3.8) is 0 Å². The van der Waals surface area contributed by atoms with Gasteiger partial charge in [0.25, 0.3) is 0 Å². The molecule has 2 nitrogen and oxygen atoms in total. The van der Waals surface area contributed by atoms with E-state index in [0.717, 1.165) is 17.1 Å². The summed E-state index contributed by atoms with van der Waals surface area (Å²) in [6.07, 6.45) is 3.88. The van der Waals surface area contributed by atoms with Gasteiger partial charge < -0.3 is 4.98 Å². The van der Waals surface area contributed by atoms with Crippen LogP contribution in [-0.4, -0.2) is 16.2 Å². The Hall–Kier alpha value is -0.930. The summed E-state index contributed by atoms with van der Waals surface area (Å²) in [6, 6.07) is 8.36. The maximum Gasteiger partial charge on any atom is 0.121 e. The summed E-state index contributed by atoms with van der Waals surface area (Å²) in [5.41, 5.74) is 2.15. The molecule has 0 aliphatic heterocycles. The number of nitrogens with one attached hydrogen (secondary N) is 1. The second-order valence-electron chi connectivity index (χ2n) is 3.11. The van der Waals surface area contributed by atoms with Crippen LogP contribution in [0.15, 0.2) is 35.4 Å². The van der Waals surface area contributed by atoms with Crippen LogP contribution in [-0.2, 0) is 5.88 Å². The third-order valence-corrected chi connectivity index (χ3v) is 3.15. The number of thioether (sulfide) groups is 1. The van der Waals surface area contributed by atoms with Crippen LogP contribution in [0.2, 0.25) is 0 Å². The zero-order valence-corrected chi connectivity index (χ0v) is 9.90. The molecule has 15 heavy (non-hydrogen) atoms. The Balaban J connectivity index is 2.28. The minimum absolute atomic E-state index is 0.420. The minimum Gasteiger partial charge on any atom is -0.341 e. The van der Waals surface area contributed by atoms with E-state index in [1.54, 1.807) is 11.8 Å². The molecule has 1 aromatic heterocycles. The number of benzene rings is 1. The maximum atomic E-state index is 5.68. The summed E-state index contributed by atoms with van der Waals surface area (Å²) < 4.78 is 0. The molecule has 0 radical (unpaired) electrons. The zero-order valence-electron chi connectivity index (χ0n) is 8.33. The quantitative estimate of drug-likeness (QED) is 0.655. The van der Waals surface area contributed by atoms with E-state index in [-0.39, 0.29) is 0 Å². The van der Waals surface area contributed by atoms with Crippen LogP contribution in [0.3, 0.4) is 0 Å². The molecular weight excluding hydrogens is 228 g/mol. The van der Waals surface area contributed by atoms with Crippen molar-refractivity contribution in [1.82, 2.24) is 9.97 Å². The van der Waals surface area contributed by atoms with E-state index in [2.05, 4.69) is 40.5 Å². The van der Waals surface area contributed by atoms with Gasteiger partial charge in [0.2, 0.25) is 0 Å². The summed E-state index contributed by atoms with van der Waals surface area (Å²) in [5.74, 6) is 1.23. The monoisotopic (exact) mass is 238 g/mol. The van der Waals surface area contributed by atoms with Gasteiger partial charge in [0, 0.05) is 4.90 Å². The van der Waals surface area contributed by atoms with Gasteiger partial charge in [0.05, 0.1) is 17.8 Å². The molecule has 4 heteroatoms. The van der Waals surface area contributed by atoms with E-state index in [9.17, 15) is 0 Å². The van der Waals surface area contributed by atoms with Gasteiger partial charge in [-0.15, -0.1) is 23.4 Å². The van der Waals surface area contributed by atoms with Crippen molar-refractivity contribution >= 4 is 23.4 Å². The molecule has 1 N–H and O–H groups in total. The van der Waals surface area contributed by atoms with Crippen LogP contribution < -0.4 is 0 Å². The highest BCUT2D eigenvalue weighted by atomic mass is 35.5. The van der Waals surface area contributed by atoms with Crippen LogP contribution in [0.1, 0.15) is 5.82 Å². The van der Waals surface area contributed by atoms with E-state index < -0.39 is 0 Å². The number of alkyl halides is 1. The summed E-state index contributed by atoms with van der Waals surface area (Å²) in [6.45, 7) is 0. The fourth-order valence-corrected chi connectivity index (χ4v) is 1.89. The SMILES string of the molecule is CSc1ccc(-c2cnc(CCl)[nH]2)cc1. The van der Waals surface area contributed by atoms with Crippen LogP contribution in [0.25, 0.3) is 11.3 Å². The molecule has 2 aromatic rings. The molecular formula is C11H11ClN2S. The lowest BCUT2D eigenvalue weighted by atomic mass is 10.2. The lowest BCUT2D eigenvalue weighted by Crippen LogP contribution is -1.80. The fraction of sp³-hybridized carbons (Fsp3) is 0.182. The topological polar surface area (TPSA) is 28.7 Å². The third kappa shape index (κ3) is 2.36. The Kier molecular flexibility index (Phi) is 3.34. The molecule has 0 atom stereocenters. The minimum atomic E-state index is 0.420. The van der Waals surface area contributed by atoms with Crippen LogP contribution in [0.4, 0.5) is 0 Å². The van der Waals surface area contributed by atoms with Gasteiger partial charge in [-0.3, -0.25) is 0 Å². The molecule has 0 saturated carbocycles. The van der Waals surface area contributed by atoms with Gasteiger partial charge in [-0.1, -0.05) is 12.1 Å². The predicted octanol–water partition coefficient (Wildman–Crippen LogP) is 3.54.